The van der Waals surface area contributed by atoms with Crippen LogP contribution in [-0.2, 0) is 0 Å². The normalized spacial score (nSPS) is 9.76. The van der Waals surface area contributed by atoms with Gasteiger partial charge in [0, 0.05) is 24.2 Å². The SMILES string of the molecule is C=C(C)CNC(=O)c1cc([N+](=O)[O-])ccc1C. The van der Waals surface area contributed by atoms with Crippen molar-refractivity contribution < 1.29 is 9.72 Å². The lowest BCUT2D eigenvalue weighted by atomic mass is 10.1. The molecule has 0 aliphatic carbocycles. The van der Waals surface area contributed by atoms with Gasteiger partial charge in [0.25, 0.3) is 11.6 Å². The van der Waals surface area contributed by atoms with E-state index in [0.717, 1.165) is 5.57 Å². The van der Waals surface area contributed by atoms with Gasteiger partial charge in [-0.2, -0.15) is 0 Å². The number of amides is 1. The third-order valence-electron chi connectivity index (χ3n) is 2.23. The van der Waals surface area contributed by atoms with E-state index in [1.54, 1.807) is 19.9 Å². The minimum atomic E-state index is -0.519. The molecule has 0 saturated carbocycles. The highest BCUT2D eigenvalue weighted by Crippen LogP contribution is 2.17. The molecule has 0 unspecified atom stereocenters. The molecule has 0 heterocycles. The van der Waals surface area contributed by atoms with Crippen molar-refractivity contribution in [3.63, 3.8) is 0 Å². The highest BCUT2D eigenvalue weighted by molar-refractivity contribution is 5.96. The van der Waals surface area contributed by atoms with E-state index in [9.17, 15) is 14.9 Å². The van der Waals surface area contributed by atoms with E-state index in [-0.39, 0.29) is 11.6 Å². The van der Waals surface area contributed by atoms with Gasteiger partial charge in [-0.15, -0.1) is 0 Å². The number of nitrogens with one attached hydrogen (secondary N) is 1. The maximum Gasteiger partial charge on any atom is 0.270 e. The van der Waals surface area contributed by atoms with Crippen molar-refractivity contribution in [2.45, 2.75) is 13.8 Å². The number of nitrogens with zero attached hydrogens (tertiary/aromatic N) is 1. The lowest BCUT2D eigenvalue weighted by molar-refractivity contribution is -0.384. The highest BCUT2D eigenvalue weighted by Gasteiger charge is 2.14. The van der Waals surface area contributed by atoms with Gasteiger partial charge in [0.2, 0.25) is 0 Å². The van der Waals surface area contributed by atoms with Crippen molar-refractivity contribution in [3.8, 4) is 0 Å². The van der Waals surface area contributed by atoms with E-state index < -0.39 is 4.92 Å². The Morgan fingerprint density at radius 3 is 2.71 bits per heavy atom. The third kappa shape index (κ3) is 3.41. The first-order chi connectivity index (χ1) is 7.91. The summed E-state index contributed by atoms with van der Waals surface area (Å²) in [5, 5.41) is 13.3. The molecule has 1 aromatic rings. The van der Waals surface area contributed by atoms with Crippen LogP contribution in [0.4, 0.5) is 5.69 Å². The summed E-state index contributed by atoms with van der Waals surface area (Å²) in [5.74, 6) is -0.325. The number of non-ortho nitro benzene ring substituents is 1. The molecule has 0 saturated heterocycles. The molecule has 5 heteroatoms. The molecule has 5 nitrogen and oxygen atoms in total. The Kier molecular flexibility index (Phi) is 3.98. The molecule has 1 amide bonds. The molecule has 0 aliphatic heterocycles. The first kappa shape index (κ1) is 12.9. The second-order valence-electron chi connectivity index (χ2n) is 3.90. The quantitative estimate of drug-likeness (QED) is 0.493. The predicted molar refractivity (Wildman–Crippen MR) is 65.0 cm³/mol. The summed E-state index contributed by atoms with van der Waals surface area (Å²) in [4.78, 5) is 21.9. The van der Waals surface area contributed by atoms with E-state index in [1.807, 2.05) is 0 Å². The molecule has 17 heavy (non-hydrogen) atoms. The van der Waals surface area contributed by atoms with Crippen molar-refractivity contribution in [1.82, 2.24) is 5.32 Å². The summed E-state index contributed by atoms with van der Waals surface area (Å²) >= 11 is 0. The zero-order valence-electron chi connectivity index (χ0n) is 9.82. The van der Waals surface area contributed by atoms with Crippen molar-refractivity contribution >= 4 is 11.6 Å². The van der Waals surface area contributed by atoms with Crippen molar-refractivity contribution in [2.75, 3.05) is 6.54 Å². The van der Waals surface area contributed by atoms with Crippen LogP contribution in [0.15, 0.2) is 30.4 Å². The van der Waals surface area contributed by atoms with Crippen LogP contribution in [0, 0.1) is 17.0 Å². The first-order valence-electron chi connectivity index (χ1n) is 5.09. The van der Waals surface area contributed by atoms with Crippen LogP contribution in [0.25, 0.3) is 0 Å². The molecule has 0 spiro atoms. The molecule has 1 rings (SSSR count). The lowest BCUT2D eigenvalue weighted by Gasteiger charge is -2.07. The zero-order chi connectivity index (χ0) is 13.0. The smallest absolute Gasteiger partial charge is 0.270 e. The van der Waals surface area contributed by atoms with E-state index >= 15 is 0 Å². The largest absolute Gasteiger partial charge is 0.348 e. The summed E-state index contributed by atoms with van der Waals surface area (Å²) in [6.45, 7) is 7.56. The molecule has 0 aromatic heterocycles. The van der Waals surface area contributed by atoms with Crippen LogP contribution in [0.5, 0.6) is 0 Å². The molecule has 1 aromatic carbocycles. The molecular weight excluding hydrogens is 220 g/mol. The van der Waals surface area contributed by atoms with Gasteiger partial charge >= 0.3 is 0 Å². The Morgan fingerprint density at radius 1 is 1.53 bits per heavy atom. The number of carbonyl (C=O) groups is 1. The van der Waals surface area contributed by atoms with Gasteiger partial charge in [-0.3, -0.25) is 14.9 Å². The molecular formula is C12H14N2O3. The van der Waals surface area contributed by atoms with Gasteiger partial charge < -0.3 is 5.32 Å². The Balaban J connectivity index is 2.95. The van der Waals surface area contributed by atoms with Crippen LogP contribution in [0.2, 0.25) is 0 Å². The van der Waals surface area contributed by atoms with Crippen LogP contribution in [0.3, 0.4) is 0 Å². The topological polar surface area (TPSA) is 72.2 Å². The van der Waals surface area contributed by atoms with E-state index in [0.29, 0.717) is 17.7 Å². The van der Waals surface area contributed by atoms with Crippen LogP contribution in [0.1, 0.15) is 22.8 Å². The Morgan fingerprint density at radius 2 is 2.18 bits per heavy atom. The molecule has 0 aliphatic rings. The Labute approximate surface area is 99.3 Å². The summed E-state index contributed by atoms with van der Waals surface area (Å²) in [6, 6.07) is 4.22. The summed E-state index contributed by atoms with van der Waals surface area (Å²) in [5.41, 5.74) is 1.76. The second kappa shape index (κ2) is 5.25. The number of nitro benzene ring substituents is 1. The molecule has 0 fully saturated rings. The Bertz CT molecular complexity index is 481. The van der Waals surface area contributed by atoms with Gasteiger partial charge in [0.15, 0.2) is 0 Å². The fourth-order valence-electron chi connectivity index (χ4n) is 1.29. The van der Waals surface area contributed by atoms with Gasteiger partial charge in [-0.25, -0.2) is 0 Å². The molecule has 90 valence electrons. The third-order valence-corrected chi connectivity index (χ3v) is 2.23. The summed E-state index contributed by atoms with van der Waals surface area (Å²) in [7, 11) is 0. The van der Waals surface area contributed by atoms with Gasteiger partial charge in [0.05, 0.1) is 4.92 Å². The van der Waals surface area contributed by atoms with Crippen LogP contribution in [-0.4, -0.2) is 17.4 Å². The number of aryl methyl sites for hydroxylation is 1. The van der Waals surface area contributed by atoms with Crippen LogP contribution >= 0.6 is 0 Å². The number of nitro groups is 1. The predicted octanol–water partition coefficient (Wildman–Crippen LogP) is 2.21. The monoisotopic (exact) mass is 234 g/mol. The zero-order valence-corrected chi connectivity index (χ0v) is 9.82. The van der Waals surface area contributed by atoms with Gasteiger partial charge in [-0.1, -0.05) is 18.2 Å². The fourth-order valence-corrected chi connectivity index (χ4v) is 1.29. The fraction of sp³-hybridized carbons (Fsp3) is 0.250. The standard InChI is InChI=1S/C12H14N2O3/c1-8(2)7-13-12(15)11-6-10(14(16)17)5-4-9(11)3/h4-6H,1,7H2,2-3H3,(H,13,15). The minimum absolute atomic E-state index is 0.0870. The first-order valence-corrected chi connectivity index (χ1v) is 5.09. The maximum atomic E-state index is 11.8. The molecule has 0 radical (unpaired) electrons. The number of carbonyl (C=O) groups excluding carboxylic acids is 1. The lowest BCUT2D eigenvalue weighted by Crippen LogP contribution is -2.25. The van der Waals surface area contributed by atoms with Crippen LogP contribution < -0.4 is 5.32 Å². The molecule has 0 atom stereocenters. The second-order valence-corrected chi connectivity index (χ2v) is 3.90. The highest BCUT2D eigenvalue weighted by atomic mass is 16.6. The maximum absolute atomic E-state index is 11.8. The summed E-state index contributed by atoms with van der Waals surface area (Å²) < 4.78 is 0. The van der Waals surface area contributed by atoms with Crippen molar-refractivity contribution in [1.29, 1.82) is 0 Å². The van der Waals surface area contributed by atoms with Crippen molar-refractivity contribution in [3.05, 3.63) is 51.6 Å². The average Bonchev–Trinajstić information content (AvgIpc) is 2.26. The van der Waals surface area contributed by atoms with Gasteiger partial charge in [-0.05, 0) is 19.4 Å². The summed E-state index contributed by atoms with van der Waals surface area (Å²) in [6.07, 6.45) is 0. The number of hydrogen-bond donors (Lipinski definition) is 1. The molecule has 0 bridgehead atoms. The van der Waals surface area contributed by atoms with E-state index in [2.05, 4.69) is 11.9 Å². The number of hydrogen-bond acceptors (Lipinski definition) is 3. The van der Waals surface area contributed by atoms with E-state index in [4.69, 9.17) is 0 Å². The van der Waals surface area contributed by atoms with Crippen molar-refractivity contribution in [2.24, 2.45) is 0 Å². The van der Waals surface area contributed by atoms with Gasteiger partial charge in [0.1, 0.15) is 0 Å². The average molecular weight is 234 g/mol. The molecule has 1 N–H and O–H groups in total. The van der Waals surface area contributed by atoms with E-state index in [1.165, 1.54) is 12.1 Å². The minimum Gasteiger partial charge on any atom is -0.348 e. The number of rotatable bonds is 4. The Hall–Kier alpha value is -2.17. The number of benzene rings is 1.